The fourth-order valence-electron chi connectivity index (χ4n) is 3.00. The first kappa shape index (κ1) is 19.4. The number of nitriles is 1. The van der Waals surface area contributed by atoms with Crippen molar-refractivity contribution in [2.75, 3.05) is 26.2 Å². The molecule has 0 saturated carbocycles. The second-order valence-electron chi connectivity index (χ2n) is 6.35. The van der Waals surface area contributed by atoms with Crippen molar-refractivity contribution < 1.29 is 22.8 Å². The molecule has 0 unspecified atom stereocenters. The van der Waals surface area contributed by atoms with Crippen molar-refractivity contribution in [2.24, 2.45) is 0 Å². The number of alkyl halides is 3. The van der Waals surface area contributed by atoms with Gasteiger partial charge < -0.3 is 9.80 Å². The molecule has 0 aliphatic carbocycles. The third-order valence-electron chi connectivity index (χ3n) is 4.55. The highest BCUT2D eigenvalue weighted by atomic mass is 19.4. The van der Waals surface area contributed by atoms with Crippen LogP contribution < -0.4 is 0 Å². The van der Waals surface area contributed by atoms with Crippen LogP contribution in [0, 0.1) is 11.3 Å². The minimum absolute atomic E-state index is 0.175. The molecule has 2 aromatic carbocycles. The number of rotatable bonds is 2. The Labute approximate surface area is 159 Å². The summed E-state index contributed by atoms with van der Waals surface area (Å²) in [5.74, 6) is -0.592. The maximum absolute atomic E-state index is 12.6. The Morgan fingerprint density at radius 1 is 0.857 bits per heavy atom. The summed E-state index contributed by atoms with van der Waals surface area (Å²) in [7, 11) is 0. The molecule has 28 heavy (non-hydrogen) atoms. The zero-order chi connectivity index (χ0) is 20.3. The van der Waals surface area contributed by atoms with Crippen LogP contribution in [-0.4, -0.2) is 47.8 Å². The van der Waals surface area contributed by atoms with E-state index < -0.39 is 11.7 Å². The third kappa shape index (κ3) is 4.14. The summed E-state index contributed by atoms with van der Waals surface area (Å²) in [4.78, 5) is 28.2. The maximum atomic E-state index is 12.6. The fourth-order valence-corrected chi connectivity index (χ4v) is 3.00. The molecule has 3 rings (SSSR count). The predicted molar refractivity (Wildman–Crippen MR) is 94.4 cm³/mol. The molecule has 5 nitrogen and oxygen atoms in total. The Balaban J connectivity index is 1.62. The van der Waals surface area contributed by atoms with E-state index in [4.69, 9.17) is 5.26 Å². The van der Waals surface area contributed by atoms with Gasteiger partial charge in [0.2, 0.25) is 0 Å². The Hall–Kier alpha value is -3.34. The maximum Gasteiger partial charge on any atom is 0.416 e. The largest absolute Gasteiger partial charge is 0.416 e. The molecule has 1 saturated heterocycles. The fraction of sp³-hybridized carbons (Fsp3) is 0.250. The molecule has 0 radical (unpaired) electrons. The first-order valence-electron chi connectivity index (χ1n) is 8.55. The van der Waals surface area contributed by atoms with Crippen molar-refractivity contribution in [3.8, 4) is 6.07 Å². The lowest BCUT2D eigenvalue weighted by molar-refractivity contribution is -0.137. The van der Waals surface area contributed by atoms with Gasteiger partial charge in [-0.2, -0.15) is 18.4 Å². The van der Waals surface area contributed by atoms with Gasteiger partial charge in [-0.15, -0.1) is 0 Å². The van der Waals surface area contributed by atoms with Crippen LogP contribution in [0.1, 0.15) is 31.8 Å². The van der Waals surface area contributed by atoms with Crippen LogP contribution >= 0.6 is 0 Å². The molecule has 0 bridgehead atoms. The second-order valence-corrected chi connectivity index (χ2v) is 6.35. The van der Waals surface area contributed by atoms with E-state index in [0.29, 0.717) is 24.2 Å². The zero-order valence-corrected chi connectivity index (χ0v) is 14.7. The lowest BCUT2D eigenvalue weighted by atomic mass is 10.1. The van der Waals surface area contributed by atoms with Gasteiger partial charge in [0.05, 0.1) is 17.2 Å². The number of halogens is 3. The number of carbonyl (C=O) groups excluding carboxylic acids is 2. The van der Waals surface area contributed by atoms with Gasteiger partial charge in [-0.1, -0.05) is 6.07 Å². The summed E-state index contributed by atoms with van der Waals surface area (Å²) in [6.45, 7) is 1.18. The lowest BCUT2D eigenvalue weighted by Gasteiger charge is -2.35. The first-order chi connectivity index (χ1) is 13.3. The van der Waals surface area contributed by atoms with E-state index in [0.717, 1.165) is 24.3 Å². The lowest BCUT2D eigenvalue weighted by Crippen LogP contribution is -2.50. The quantitative estimate of drug-likeness (QED) is 0.795. The average molecular weight is 387 g/mol. The number of hydrogen-bond acceptors (Lipinski definition) is 3. The molecule has 2 aromatic rings. The van der Waals surface area contributed by atoms with E-state index in [1.165, 1.54) is 11.0 Å². The molecule has 0 spiro atoms. The number of carbonyl (C=O) groups is 2. The molecule has 8 heteroatoms. The van der Waals surface area contributed by atoms with Gasteiger partial charge in [-0.3, -0.25) is 9.59 Å². The van der Waals surface area contributed by atoms with Crippen molar-refractivity contribution in [3.05, 3.63) is 70.8 Å². The van der Waals surface area contributed by atoms with Gasteiger partial charge >= 0.3 is 6.18 Å². The van der Waals surface area contributed by atoms with Crippen molar-refractivity contribution in [1.82, 2.24) is 9.80 Å². The van der Waals surface area contributed by atoms with E-state index >= 15 is 0 Å². The van der Waals surface area contributed by atoms with Gasteiger partial charge in [-0.25, -0.2) is 0 Å². The second kappa shape index (κ2) is 7.72. The molecule has 1 fully saturated rings. The molecular weight excluding hydrogens is 371 g/mol. The predicted octanol–water partition coefficient (Wildman–Crippen LogP) is 3.18. The van der Waals surface area contributed by atoms with E-state index in [1.807, 2.05) is 6.07 Å². The van der Waals surface area contributed by atoms with Crippen molar-refractivity contribution in [1.29, 1.82) is 5.26 Å². The molecule has 0 aromatic heterocycles. The topological polar surface area (TPSA) is 64.4 Å². The Bertz CT molecular complexity index is 925. The Morgan fingerprint density at radius 3 is 1.89 bits per heavy atom. The number of benzene rings is 2. The van der Waals surface area contributed by atoms with E-state index in [2.05, 4.69) is 0 Å². The van der Waals surface area contributed by atoms with Crippen LogP contribution in [0.2, 0.25) is 0 Å². The number of piperazine rings is 1. The number of nitrogens with zero attached hydrogens (tertiary/aromatic N) is 3. The first-order valence-corrected chi connectivity index (χ1v) is 8.55. The molecular formula is C20H16F3N3O2. The van der Waals surface area contributed by atoms with E-state index in [-0.39, 0.29) is 30.5 Å². The summed E-state index contributed by atoms with van der Waals surface area (Å²) in [6.07, 6.45) is -4.45. The Kier molecular flexibility index (Phi) is 5.36. The van der Waals surface area contributed by atoms with Crippen molar-refractivity contribution in [3.63, 3.8) is 0 Å². The van der Waals surface area contributed by atoms with Crippen molar-refractivity contribution in [2.45, 2.75) is 6.18 Å². The third-order valence-corrected chi connectivity index (χ3v) is 4.55. The zero-order valence-electron chi connectivity index (χ0n) is 14.7. The monoisotopic (exact) mass is 387 g/mol. The minimum Gasteiger partial charge on any atom is -0.335 e. The molecule has 0 N–H and O–H groups in total. The van der Waals surface area contributed by atoms with Crippen LogP contribution in [0.15, 0.2) is 48.5 Å². The summed E-state index contributed by atoms with van der Waals surface area (Å²) in [5, 5.41) is 8.94. The average Bonchev–Trinajstić information content (AvgIpc) is 2.72. The van der Waals surface area contributed by atoms with Gasteiger partial charge in [0, 0.05) is 37.3 Å². The van der Waals surface area contributed by atoms with Crippen LogP contribution in [-0.2, 0) is 6.18 Å². The standard InChI is InChI=1S/C20H16F3N3O2/c21-20(22,23)17-6-4-15(5-7-17)18(27)25-8-10-26(11-9-25)19(28)16-3-1-2-14(12-16)13-24/h1-7,12H,8-11H2. The minimum atomic E-state index is -4.45. The van der Waals surface area contributed by atoms with E-state index in [1.54, 1.807) is 23.1 Å². The molecule has 1 heterocycles. The number of amides is 2. The van der Waals surface area contributed by atoms with Crippen LogP contribution in [0.3, 0.4) is 0 Å². The van der Waals surface area contributed by atoms with Gasteiger partial charge in [-0.05, 0) is 42.5 Å². The van der Waals surface area contributed by atoms with Crippen LogP contribution in [0.4, 0.5) is 13.2 Å². The summed E-state index contributed by atoms with van der Waals surface area (Å²) < 4.78 is 37.9. The highest BCUT2D eigenvalue weighted by molar-refractivity contribution is 5.96. The molecule has 144 valence electrons. The summed E-state index contributed by atoms with van der Waals surface area (Å²) in [6, 6.07) is 12.5. The molecule has 1 aliphatic heterocycles. The van der Waals surface area contributed by atoms with Crippen LogP contribution in [0.5, 0.6) is 0 Å². The highest BCUT2D eigenvalue weighted by Gasteiger charge is 2.31. The van der Waals surface area contributed by atoms with Gasteiger partial charge in [0.25, 0.3) is 11.8 Å². The molecule has 0 atom stereocenters. The summed E-state index contributed by atoms with van der Waals surface area (Å²) >= 11 is 0. The van der Waals surface area contributed by atoms with Crippen molar-refractivity contribution >= 4 is 11.8 Å². The number of hydrogen-bond donors (Lipinski definition) is 0. The van der Waals surface area contributed by atoms with E-state index in [9.17, 15) is 22.8 Å². The van der Waals surface area contributed by atoms with Gasteiger partial charge in [0.1, 0.15) is 0 Å². The van der Waals surface area contributed by atoms with Gasteiger partial charge in [0.15, 0.2) is 0 Å². The smallest absolute Gasteiger partial charge is 0.335 e. The Morgan fingerprint density at radius 2 is 1.39 bits per heavy atom. The normalized spacial score (nSPS) is 14.5. The molecule has 1 aliphatic rings. The SMILES string of the molecule is N#Cc1cccc(C(=O)N2CCN(C(=O)c3ccc(C(F)(F)F)cc3)CC2)c1. The molecule has 2 amide bonds. The summed E-state index contributed by atoms with van der Waals surface area (Å²) in [5.41, 5.74) is 0.164. The highest BCUT2D eigenvalue weighted by Crippen LogP contribution is 2.29. The van der Waals surface area contributed by atoms with Crippen LogP contribution in [0.25, 0.3) is 0 Å².